The van der Waals surface area contributed by atoms with Gasteiger partial charge in [-0.25, -0.2) is 4.79 Å². The zero-order valence-corrected chi connectivity index (χ0v) is 12.5. The molecule has 8 heteroatoms. The molecule has 0 unspecified atom stereocenters. The summed E-state index contributed by atoms with van der Waals surface area (Å²) in [5.41, 5.74) is 1.80. The van der Waals surface area contributed by atoms with E-state index >= 15 is 0 Å². The molecule has 0 aromatic carbocycles. The van der Waals surface area contributed by atoms with E-state index in [0.29, 0.717) is 6.54 Å². The Morgan fingerprint density at radius 3 is 2.58 bits per heavy atom. The quantitative estimate of drug-likeness (QED) is 0.727. The number of halogens is 1. The number of carbonyl (C=O) groups is 2. The standard InChI is InChI=1S/C11H17BrN4O3/c1-3-7-10(12)8(16(4-2)15-7)5-13-11(19)14-6-9(17)18/h3-6H2,1-2H3,(H,17,18)(H2,13,14,19). The summed E-state index contributed by atoms with van der Waals surface area (Å²) in [4.78, 5) is 21.7. The summed E-state index contributed by atoms with van der Waals surface area (Å²) in [6, 6.07) is -0.517. The summed E-state index contributed by atoms with van der Waals surface area (Å²) >= 11 is 3.47. The van der Waals surface area contributed by atoms with E-state index in [1.165, 1.54) is 0 Å². The zero-order chi connectivity index (χ0) is 14.4. The summed E-state index contributed by atoms with van der Waals surface area (Å²) in [7, 11) is 0. The lowest BCUT2D eigenvalue weighted by Gasteiger charge is -2.08. The van der Waals surface area contributed by atoms with Crippen LogP contribution in [0, 0.1) is 0 Å². The van der Waals surface area contributed by atoms with Gasteiger partial charge in [0.05, 0.1) is 22.4 Å². The third kappa shape index (κ3) is 4.23. The molecular weight excluding hydrogens is 316 g/mol. The number of urea groups is 1. The second-order valence-electron chi connectivity index (χ2n) is 3.81. The summed E-state index contributed by atoms with van der Waals surface area (Å²) < 4.78 is 2.69. The number of nitrogens with zero attached hydrogens (tertiary/aromatic N) is 2. The number of carboxylic acid groups (broad SMARTS) is 1. The molecule has 19 heavy (non-hydrogen) atoms. The third-order valence-corrected chi connectivity index (χ3v) is 3.43. The first-order chi connectivity index (χ1) is 8.99. The fraction of sp³-hybridized carbons (Fsp3) is 0.545. The Morgan fingerprint density at radius 1 is 1.37 bits per heavy atom. The molecule has 0 saturated carbocycles. The van der Waals surface area contributed by atoms with Crippen LogP contribution in [0.5, 0.6) is 0 Å². The molecule has 3 N–H and O–H groups in total. The van der Waals surface area contributed by atoms with Crippen molar-refractivity contribution < 1.29 is 14.7 Å². The highest BCUT2D eigenvalue weighted by molar-refractivity contribution is 9.10. The van der Waals surface area contributed by atoms with Crippen molar-refractivity contribution in [3.63, 3.8) is 0 Å². The second-order valence-corrected chi connectivity index (χ2v) is 4.60. The molecule has 1 aromatic heterocycles. The molecule has 0 aliphatic rings. The van der Waals surface area contributed by atoms with Crippen LogP contribution in [0.15, 0.2) is 4.47 Å². The van der Waals surface area contributed by atoms with Gasteiger partial charge in [0, 0.05) is 6.54 Å². The number of carboxylic acids is 1. The molecule has 0 aliphatic carbocycles. The highest BCUT2D eigenvalue weighted by Crippen LogP contribution is 2.22. The van der Waals surface area contributed by atoms with Crippen molar-refractivity contribution in [2.45, 2.75) is 33.4 Å². The molecule has 0 aliphatic heterocycles. The van der Waals surface area contributed by atoms with Gasteiger partial charge < -0.3 is 15.7 Å². The van der Waals surface area contributed by atoms with Crippen LogP contribution in [0.4, 0.5) is 4.79 Å². The van der Waals surface area contributed by atoms with Gasteiger partial charge in [-0.1, -0.05) is 6.92 Å². The highest BCUT2D eigenvalue weighted by atomic mass is 79.9. The minimum Gasteiger partial charge on any atom is -0.480 e. The minimum atomic E-state index is -1.08. The Morgan fingerprint density at radius 2 is 2.05 bits per heavy atom. The van der Waals surface area contributed by atoms with E-state index in [4.69, 9.17) is 5.11 Å². The van der Waals surface area contributed by atoms with E-state index in [1.54, 1.807) is 4.68 Å². The lowest BCUT2D eigenvalue weighted by Crippen LogP contribution is -2.38. The largest absolute Gasteiger partial charge is 0.480 e. The van der Waals surface area contributed by atoms with E-state index in [1.807, 2.05) is 13.8 Å². The van der Waals surface area contributed by atoms with Crippen molar-refractivity contribution >= 4 is 27.9 Å². The van der Waals surface area contributed by atoms with Crippen molar-refractivity contribution in [2.24, 2.45) is 0 Å². The average molecular weight is 333 g/mol. The zero-order valence-electron chi connectivity index (χ0n) is 10.9. The van der Waals surface area contributed by atoms with Crippen LogP contribution >= 0.6 is 15.9 Å². The van der Waals surface area contributed by atoms with E-state index in [-0.39, 0.29) is 6.54 Å². The number of aliphatic carboxylic acids is 1. The van der Waals surface area contributed by atoms with Crippen LogP contribution in [0.1, 0.15) is 25.2 Å². The maximum atomic E-state index is 11.4. The normalized spacial score (nSPS) is 10.3. The van der Waals surface area contributed by atoms with Crippen molar-refractivity contribution in [3.8, 4) is 0 Å². The van der Waals surface area contributed by atoms with Gasteiger partial charge in [-0.15, -0.1) is 0 Å². The Hall–Kier alpha value is -1.57. The second kappa shape index (κ2) is 7.13. The third-order valence-electron chi connectivity index (χ3n) is 2.51. The molecule has 0 atom stereocenters. The first-order valence-corrected chi connectivity index (χ1v) is 6.76. The Bertz CT molecular complexity index is 473. The van der Waals surface area contributed by atoms with E-state index in [2.05, 4.69) is 31.7 Å². The number of aryl methyl sites for hydroxylation is 2. The SMILES string of the molecule is CCc1nn(CC)c(CNC(=O)NCC(=O)O)c1Br. The van der Waals surface area contributed by atoms with Crippen LogP contribution in [0.3, 0.4) is 0 Å². The van der Waals surface area contributed by atoms with Gasteiger partial charge in [0.1, 0.15) is 6.54 Å². The van der Waals surface area contributed by atoms with E-state index in [9.17, 15) is 9.59 Å². The summed E-state index contributed by atoms with van der Waals surface area (Å²) in [5, 5.41) is 17.7. The highest BCUT2D eigenvalue weighted by Gasteiger charge is 2.14. The molecule has 2 amide bonds. The molecule has 1 heterocycles. The predicted molar refractivity (Wildman–Crippen MR) is 72.9 cm³/mol. The van der Waals surface area contributed by atoms with Crippen LogP contribution in [-0.4, -0.2) is 33.4 Å². The van der Waals surface area contributed by atoms with Gasteiger partial charge in [-0.2, -0.15) is 5.10 Å². The fourth-order valence-electron chi connectivity index (χ4n) is 1.57. The number of hydrogen-bond donors (Lipinski definition) is 3. The molecule has 0 fully saturated rings. The maximum absolute atomic E-state index is 11.4. The lowest BCUT2D eigenvalue weighted by atomic mass is 10.3. The molecule has 1 rings (SSSR count). The summed E-state index contributed by atoms with van der Waals surface area (Å²) in [6.07, 6.45) is 0.797. The molecule has 0 bridgehead atoms. The number of carbonyl (C=O) groups excluding carboxylic acids is 1. The first kappa shape index (κ1) is 15.5. The topological polar surface area (TPSA) is 96.3 Å². The summed E-state index contributed by atoms with van der Waals surface area (Å²) in [5.74, 6) is -1.08. The Kier molecular flexibility index (Phi) is 5.81. The molecule has 0 saturated heterocycles. The molecule has 0 radical (unpaired) electrons. The monoisotopic (exact) mass is 332 g/mol. The Labute approximate surface area is 119 Å². The van der Waals surface area contributed by atoms with Crippen LogP contribution in [0.25, 0.3) is 0 Å². The molecule has 7 nitrogen and oxygen atoms in total. The number of hydrogen-bond acceptors (Lipinski definition) is 3. The van der Waals surface area contributed by atoms with Gasteiger partial charge in [0.15, 0.2) is 0 Å². The van der Waals surface area contributed by atoms with Crippen molar-refractivity contribution in [3.05, 3.63) is 15.9 Å². The van der Waals surface area contributed by atoms with Crippen molar-refractivity contribution in [1.29, 1.82) is 0 Å². The minimum absolute atomic E-state index is 0.285. The maximum Gasteiger partial charge on any atom is 0.323 e. The Balaban J connectivity index is 2.64. The van der Waals surface area contributed by atoms with E-state index in [0.717, 1.165) is 22.3 Å². The number of rotatable bonds is 6. The van der Waals surface area contributed by atoms with Gasteiger partial charge in [-0.05, 0) is 29.3 Å². The predicted octanol–water partition coefficient (Wildman–Crippen LogP) is 1.11. The molecule has 106 valence electrons. The van der Waals surface area contributed by atoms with Gasteiger partial charge in [-0.3, -0.25) is 9.48 Å². The summed E-state index contributed by atoms with van der Waals surface area (Å²) in [6.45, 7) is 4.55. The van der Waals surface area contributed by atoms with Crippen LogP contribution in [-0.2, 0) is 24.3 Å². The van der Waals surface area contributed by atoms with Crippen LogP contribution in [0.2, 0.25) is 0 Å². The average Bonchev–Trinajstić information content (AvgIpc) is 2.69. The van der Waals surface area contributed by atoms with Gasteiger partial charge in [0.2, 0.25) is 0 Å². The van der Waals surface area contributed by atoms with Gasteiger partial charge >= 0.3 is 12.0 Å². The number of aromatic nitrogens is 2. The molecule has 1 aromatic rings. The number of amides is 2. The molecule has 0 spiro atoms. The first-order valence-electron chi connectivity index (χ1n) is 5.97. The number of nitrogens with one attached hydrogen (secondary N) is 2. The van der Waals surface area contributed by atoms with Crippen molar-refractivity contribution in [1.82, 2.24) is 20.4 Å². The van der Waals surface area contributed by atoms with Gasteiger partial charge in [0.25, 0.3) is 0 Å². The van der Waals surface area contributed by atoms with Crippen LogP contribution < -0.4 is 10.6 Å². The molecular formula is C11H17BrN4O3. The lowest BCUT2D eigenvalue weighted by molar-refractivity contribution is -0.135. The smallest absolute Gasteiger partial charge is 0.323 e. The van der Waals surface area contributed by atoms with E-state index < -0.39 is 18.5 Å². The van der Waals surface area contributed by atoms with Crippen molar-refractivity contribution in [2.75, 3.05) is 6.54 Å². The fourth-order valence-corrected chi connectivity index (χ4v) is 2.27.